The van der Waals surface area contributed by atoms with Crippen LogP contribution in [0.3, 0.4) is 0 Å². The third kappa shape index (κ3) is 2.32. The van der Waals surface area contributed by atoms with Crippen molar-refractivity contribution < 1.29 is 4.79 Å². The molecular weight excluding hydrogens is 232 g/mol. The zero-order valence-electron chi connectivity index (χ0n) is 8.55. The molecule has 1 N–H and O–H groups in total. The smallest absolute Gasteiger partial charge is 0.220 e. The van der Waals surface area contributed by atoms with E-state index in [0.29, 0.717) is 10.8 Å². The van der Waals surface area contributed by atoms with Gasteiger partial charge < -0.3 is 5.32 Å². The van der Waals surface area contributed by atoms with E-state index in [2.05, 4.69) is 17.2 Å². The lowest BCUT2D eigenvalue weighted by atomic mass is 9.91. The number of rotatable bonds is 3. The molecule has 1 atom stereocenters. The second-order valence-electron chi connectivity index (χ2n) is 3.92. The summed E-state index contributed by atoms with van der Waals surface area (Å²) in [6.07, 6.45) is 4.94. The molecule has 15 heavy (non-hydrogen) atoms. The van der Waals surface area contributed by atoms with Gasteiger partial charge in [0.15, 0.2) is 0 Å². The number of aromatic nitrogens is 1. The molecule has 1 amide bonds. The summed E-state index contributed by atoms with van der Waals surface area (Å²) >= 11 is 7.32. The number of nitrogens with zero attached hydrogens (tertiary/aromatic N) is 1. The summed E-state index contributed by atoms with van der Waals surface area (Å²) in [6, 6.07) is 0. The summed E-state index contributed by atoms with van der Waals surface area (Å²) < 4.78 is 0.709. The first-order chi connectivity index (χ1) is 7.13. The van der Waals surface area contributed by atoms with Gasteiger partial charge in [-0.3, -0.25) is 4.79 Å². The molecule has 1 aromatic rings. The predicted octanol–water partition coefficient (Wildman–Crippen LogP) is 2.40. The average molecular weight is 245 g/mol. The molecule has 2 rings (SSSR count). The van der Waals surface area contributed by atoms with Crippen molar-refractivity contribution in [3.05, 3.63) is 15.5 Å². The summed E-state index contributed by atoms with van der Waals surface area (Å²) in [4.78, 5) is 15.5. The van der Waals surface area contributed by atoms with Crippen LogP contribution in [0.25, 0.3) is 0 Å². The highest BCUT2D eigenvalue weighted by molar-refractivity contribution is 7.15. The van der Waals surface area contributed by atoms with Gasteiger partial charge in [-0.05, 0) is 12.8 Å². The van der Waals surface area contributed by atoms with Gasteiger partial charge in [-0.1, -0.05) is 18.5 Å². The van der Waals surface area contributed by atoms with Crippen LogP contribution < -0.4 is 5.32 Å². The van der Waals surface area contributed by atoms with Crippen molar-refractivity contribution in [3.63, 3.8) is 0 Å². The molecule has 1 aromatic heterocycles. The number of carbonyl (C=O) groups excluding carboxylic acids is 1. The number of thiazole rings is 1. The highest BCUT2D eigenvalue weighted by Crippen LogP contribution is 2.30. The maximum absolute atomic E-state index is 11.3. The summed E-state index contributed by atoms with van der Waals surface area (Å²) in [6.45, 7) is 2.10. The minimum absolute atomic E-state index is 0.0851. The zero-order chi connectivity index (χ0) is 10.9. The van der Waals surface area contributed by atoms with Gasteiger partial charge in [0.25, 0.3) is 0 Å². The van der Waals surface area contributed by atoms with E-state index in [0.717, 1.165) is 24.3 Å². The van der Waals surface area contributed by atoms with E-state index in [1.54, 1.807) is 6.20 Å². The Labute approximate surface area is 97.9 Å². The van der Waals surface area contributed by atoms with E-state index in [4.69, 9.17) is 11.6 Å². The molecule has 0 aliphatic carbocycles. The quantitative estimate of drug-likeness (QED) is 0.887. The predicted molar refractivity (Wildman–Crippen MR) is 61.2 cm³/mol. The fourth-order valence-corrected chi connectivity index (χ4v) is 3.06. The third-order valence-corrected chi connectivity index (χ3v) is 4.04. The van der Waals surface area contributed by atoms with Crippen LogP contribution >= 0.6 is 22.9 Å². The SMILES string of the molecule is CCC1(Cc2ncc(Cl)s2)CCC(=O)N1. The monoisotopic (exact) mass is 244 g/mol. The van der Waals surface area contributed by atoms with Crippen molar-refractivity contribution in [1.29, 1.82) is 0 Å². The lowest BCUT2D eigenvalue weighted by Gasteiger charge is -2.26. The van der Waals surface area contributed by atoms with Crippen LogP contribution in [0, 0.1) is 0 Å². The van der Waals surface area contributed by atoms with Crippen molar-refractivity contribution in [2.75, 3.05) is 0 Å². The lowest BCUT2D eigenvalue weighted by molar-refractivity contribution is -0.119. The summed E-state index contributed by atoms with van der Waals surface area (Å²) in [5, 5.41) is 4.06. The molecule has 82 valence electrons. The van der Waals surface area contributed by atoms with Gasteiger partial charge in [0.2, 0.25) is 5.91 Å². The molecule has 5 heteroatoms. The first-order valence-electron chi connectivity index (χ1n) is 5.05. The Morgan fingerprint density at radius 3 is 3.00 bits per heavy atom. The Hall–Kier alpha value is -0.610. The largest absolute Gasteiger partial charge is 0.350 e. The van der Waals surface area contributed by atoms with Crippen molar-refractivity contribution in [1.82, 2.24) is 10.3 Å². The first-order valence-corrected chi connectivity index (χ1v) is 6.24. The molecule has 0 spiro atoms. The average Bonchev–Trinajstić information content (AvgIpc) is 2.75. The third-order valence-electron chi connectivity index (χ3n) is 2.93. The molecule has 1 unspecified atom stereocenters. The number of halogens is 1. The molecule has 0 saturated carbocycles. The first kappa shape index (κ1) is 10.9. The highest BCUT2D eigenvalue weighted by Gasteiger charge is 2.36. The Bertz CT molecular complexity index is 379. The zero-order valence-corrected chi connectivity index (χ0v) is 10.1. The van der Waals surface area contributed by atoms with E-state index < -0.39 is 0 Å². The Morgan fingerprint density at radius 1 is 1.73 bits per heavy atom. The molecule has 1 saturated heterocycles. The Kier molecular flexibility index (Phi) is 2.98. The molecule has 1 aliphatic rings. The fraction of sp³-hybridized carbons (Fsp3) is 0.600. The Balaban J connectivity index is 2.11. The van der Waals surface area contributed by atoms with Crippen LogP contribution in [0.5, 0.6) is 0 Å². The minimum Gasteiger partial charge on any atom is -0.350 e. The van der Waals surface area contributed by atoms with Gasteiger partial charge in [-0.25, -0.2) is 4.98 Å². The van der Waals surface area contributed by atoms with E-state index in [-0.39, 0.29) is 11.4 Å². The standard InChI is InChI=1S/C10H13ClN2OS/c1-2-10(4-3-8(14)13-10)5-9-12-6-7(11)15-9/h6H,2-5H2,1H3,(H,13,14). The minimum atomic E-state index is -0.0851. The van der Waals surface area contributed by atoms with E-state index >= 15 is 0 Å². The number of hydrogen-bond acceptors (Lipinski definition) is 3. The topological polar surface area (TPSA) is 42.0 Å². The highest BCUT2D eigenvalue weighted by atomic mass is 35.5. The number of amides is 1. The van der Waals surface area contributed by atoms with E-state index in [9.17, 15) is 4.79 Å². The van der Waals surface area contributed by atoms with E-state index in [1.807, 2.05) is 0 Å². The molecule has 1 fully saturated rings. The van der Waals surface area contributed by atoms with Gasteiger partial charge in [-0.15, -0.1) is 11.3 Å². The van der Waals surface area contributed by atoms with Crippen molar-refractivity contribution in [2.24, 2.45) is 0 Å². The Morgan fingerprint density at radius 2 is 2.53 bits per heavy atom. The van der Waals surface area contributed by atoms with Crippen LogP contribution in [0.15, 0.2) is 6.20 Å². The van der Waals surface area contributed by atoms with Crippen LogP contribution in [-0.4, -0.2) is 16.4 Å². The van der Waals surface area contributed by atoms with Gasteiger partial charge in [0.05, 0.1) is 11.2 Å². The number of nitrogens with one attached hydrogen (secondary N) is 1. The summed E-state index contributed by atoms with van der Waals surface area (Å²) in [5.41, 5.74) is -0.0851. The van der Waals surface area contributed by atoms with Crippen LogP contribution in [0.2, 0.25) is 4.34 Å². The van der Waals surface area contributed by atoms with Gasteiger partial charge in [0, 0.05) is 18.4 Å². The van der Waals surface area contributed by atoms with Crippen LogP contribution in [-0.2, 0) is 11.2 Å². The maximum Gasteiger partial charge on any atom is 0.220 e. The summed E-state index contributed by atoms with van der Waals surface area (Å²) in [5.74, 6) is 0.152. The van der Waals surface area contributed by atoms with Gasteiger partial charge in [-0.2, -0.15) is 0 Å². The van der Waals surface area contributed by atoms with Crippen molar-refractivity contribution >= 4 is 28.8 Å². The number of hydrogen-bond donors (Lipinski definition) is 1. The summed E-state index contributed by atoms with van der Waals surface area (Å²) in [7, 11) is 0. The molecule has 0 bridgehead atoms. The molecule has 0 aromatic carbocycles. The van der Waals surface area contributed by atoms with Crippen LogP contribution in [0.1, 0.15) is 31.2 Å². The number of carbonyl (C=O) groups is 1. The van der Waals surface area contributed by atoms with Crippen LogP contribution in [0.4, 0.5) is 0 Å². The molecule has 1 aliphatic heterocycles. The van der Waals surface area contributed by atoms with Crippen molar-refractivity contribution in [3.8, 4) is 0 Å². The second kappa shape index (κ2) is 4.10. The molecule has 3 nitrogen and oxygen atoms in total. The fourth-order valence-electron chi connectivity index (χ4n) is 1.96. The normalized spacial score (nSPS) is 25.6. The van der Waals surface area contributed by atoms with Gasteiger partial charge in [0.1, 0.15) is 4.34 Å². The van der Waals surface area contributed by atoms with Gasteiger partial charge >= 0.3 is 0 Å². The van der Waals surface area contributed by atoms with Crippen molar-refractivity contribution in [2.45, 2.75) is 38.1 Å². The molecular formula is C10H13ClN2OS. The molecule has 2 heterocycles. The second-order valence-corrected chi connectivity index (χ2v) is 5.66. The maximum atomic E-state index is 11.3. The van der Waals surface area contributed by atoms with E-state index in [1.165, 1.54) is 11.3 Å². The lowest BCUT2D eigenvalue weighted by Crippen LogP contribution is -2.42. The molecule has 0 radical (unpaired) electrons.